The monoisotopic (exact) mass is 261 g/mol. The molecule has 2 rings (SSSR count). The molecule has 1 atom stereocenters. The van der Waals surface area contributed by atoms with Gasteiger partial charge >= 0.3 is 0 Å². The molecule has 2 N–H and O–H groups in total. The van der Waals surface area contributed by atoms with Gasteiger partial charge in [-0.2, -0.15) is 0 Å². The number of amides is 1. The van der Waals surface area contributed by atoms with Crippen molar-refractivity contribution in [1.29, 1.82) is 0 Å². The Bertz CT molecular complexity index is 372. The number of carbonyl (C=O) groups excluding carboxylic acids is 1. The van der Waals surface area contributed by atoms with Gasteiger partial charge in [0, 0.05) is 24.4 Å². The first-order valence-corrected chi connectivity index (χ1v) is 7.24. The van der Waals surface area contributed by atoms with Gasteiger partial charge in [0.1, 0.15) is 0 Å². The third-order valence-corrected chi connectivity index (χ3v) is 3.58. The molecule has 0 unspecified atom stereocenters. The highest BCUT2D eigenvalue weighted by Gasteiger charge is 2.18. The predicted molar refractivity (Wildman–Crippen MR) is 75.8 cm³/mol. The van der Waals surface area contributed by atoms with E-state index in [1.54, 1.807) is 0 Å². The summed E-state index contributed by atoms with van der Waals surface area (Å²) in [7, 11) is 0. The molecule has 1 aliphatic heterocycles. The Morgan fingerprint density at radius 3 is 3.16 bits per heavy atom. The number of carbonyl (C=O) groups is 1. The highest BCUT2D eigenvalue weighted by Crippen LogP contribution is 2.13. The first kappa shape index (κ1) is 14.0. The minimum atomic E-state index is 0.199. The summed E-state index contributed by atoms with van der Waals surface area (Å²) in [4.78, 5) is 16.3. The lowest BCUT2D eigenvalue weighted by Gasteiger charge is -2.13. The molecule has 0 spiro atoms. The summed E-state index contributed by atoms with van der Waals surface area (Å²) in [5, 5.41) is 6.39. The predicted octanol–water partition coefficient (Wildman–Crippen LogP) is 1.52. The fourth-order valence-electron chi connectivity index (χ4n) is 2.45. The van der Waals surface area contributed by atoms with Crippen LogP contribution in [-0.2, 0) is 11.2 Å². The first-order chi connectivity index (χ1) is 9.36. The van der Waals surface area contributed by atoms with Gasteiger partial charge in [0.05, 0.1) is 0 Å². The number of hydrogen-bond donors (Lipinski definition) is 2. The van der Waals surface area contributed by atoms with Crippen LogP contribution in [0.2, 0.25) is 0 Å². The van der Waals surface area contributed by atoms with E-state index in [1.165, 1.54) is 0 Å². The molecule has 1 aromatic heterocycles. The number of hydrogen-bond acceptors (Lipinski definition) is 3. The maximum Gasteiger partial charge on any atom is 0.223 e. The topological polar surface area (TPSA) is 54.0 Å². The van der Waals surface area contributed by atoms with E-state index in [-0.39, 0.29) is 11.8 Å². The molecule has 4 heteroatoms. The zero-order valence-electron chi connectivity index (χ0n) is 11.4. The summed E-state index contributed by atoms with van der Waals surface area (Å²) in [6.45, 7) is 2.76. The molecule has 1 amide bonds. The average Bonchev–Trinajstić information content (AvgIpc) is 2.73. The second kappa shape index (κ2) is 7.89. The zero-order chi connectivity index (χ0) is 13.3. The maximum absolute atomic E-state index is 12.0. The SMILES string of the molecule is O=C(NCCCc1ccccn1)[C@@H]1CCCNCC1. The molecule has 1 fully saturated rings. The lowest BCUT2D eigenvalue weighted by Crippen LogP contribution is -2.32. The Balaban J connectivity index is 1.63. The fraction of sp³-hybridized carbons (Fsp3) is 0.600. The van der Waals surface area contributed by atoms with Crippen LogP contribution in [0.25, 0.3) is 0 Å². The summed E-state index contributed by atoms with van der Waals surface area (Å²) < 4.78 is 0. The number of nitrogens with one attached hydrogen (secondary N) is 2. The van der Waals surface area contributed by atoms with Crippen LogP contribution in [0.5, 0.6) is 0 Å². The Morgan fingerprint density at radius 1 is 1.37 bits per heavy atom. The van der Waals surface area contributed by atoms with Crippen LogP contribution in [0, 0.1) is 5.92 Å². The molecule has 2 heterocycles. The minimum absolute atomic E-state index is 0.199. The molecule has 0 bridgehead atoms. The summed E-state index contributed by atoms with van der Waals surface area (Å²) in [5.41, 5.74) is 1.09. The van der Waals surface area contributed by atoms with E-state index in [2.05, 4.69) is 15.6 Å². The van der Waals surface area contributed by atoms with Crippen molar-refractivity contribution in [3.63, 3.8) is 0 Å². The lowest BCUT2D eigenvalue weighted by atomic mass is 10.00. The molecule has 0 saturated carbocycles. The quantitative estimate of drug-likeness (QED) is 0.790. The van der Waals surface area contributed by atoms with Crippen LogP contribution in [-0.4, -0.2) is 30.5 Å². The van der Waals surface area contributed by atoms with Gasteiger partial charge in [0.15, 0.2) is 0 Å². The van der Waals surface area contributed by atoms with Crippen molar-refractivity contribution >= 4 is 5.91 Å². The van der Waals surface area contributed by atoms with Gasteiger partial charge in [0.2, 0.25) is 5.91 Å². The van der Waals surface area contributed by atoms with Crippen molar-refractivity contribution in [3.8, 4) is 0 Å². The molecular weight excluding hydrogens is 238 g/mol. The molecule has 4 nitrogen and oxygen atoms in total. The van der Waals surface area contributed by atoms with Gasteiger partial charge in [0.25, 0.3) is 0 Å². The van der Waals surface area contributed by atoms with Gasteiger partial charge in [-0.15, -0.1) is 0 Å². The third-order valence-electron chi connectivity index (χ3n) is 3.58. The van der Waals surface area contributed by atoms with Gasteiger partial charge in [-0.25, -0.2) is 0 Å². The standard InChI is InChI=1S/C15H23N3O/c19-15(13-5-3-9-16-12-8-13)18-11-4-7-14-6-1-2-10-17-14/h1-2,6,10,13,16H,3-5,7-9,11-12H2,(H,18,19)/t13-/m1/s1. The van der Waals surface area contributed by atoms with Gasteiger partial charge in [-0.1, -0.05) is 6.07 Å². The van der Waals surface area contributed by atoms with Crippen LogP contribution < -0.4 is 10.6 Å². The normalized spacial score (nSPS) is 19.7. The largest absolute Gasteiger partial charge is 0.356 e. The Kier molecular flexibility index (Phi) is 5.82. The van der Waals surface area contributed by atoms with E-state index >= 15 is 0 Å². The highest BCUT2D eigenvalue weighted by molar-refractivity contribution is 5.78. The number of aryl methyl sites for hydroxylation is 1. The second-order valence-corrected chi connectivity index (χ2v) is 5.09. The molecule has 104 valence electrons. The van der Waals surface area contributed by atoms with Crippen LogP contribution >= 0.6 is 0 Å². The summed E-state index contributed by atoms with van der Waals surface area (Å²) in [6.07, 6.45) is 6.77. The Hall–Kier alpha value is -1.42. The van der Waals surface area contributed by atoms with E-state index in [1.807, 2.05) is 24.4 Å². The maximum atomic E-state index is 12.0. The summed E-state index contributed by atoms with van der Waals surface area (Å²) >= 11 is 0. The number of rotatable bonds is 5. The average molecular weight is 261 g/mol. The molecule has 0 radical (unpaired) electrons. The number of pyridine rings is 1. The van der Waals surface area contributed by atoms with Gasteiger partial charge < -0.3 is 10.6 Å². The van der Waals surface area contributed by atoms with Crippen molar-refractivity contribution in [3.05, 3.63) is 30.1 Å². The molecule has 1 aliphatic rings. The molecule has 1 aromatic rings. The third kappa shape index (κ3) is 4.99. The Labute approximate surface area is 115 Å². The summed E-state index contributed by atoms with van der Waals surface area (Å²) in [5.74, 6) is 0.426. The molecule has 1 saturated heterocycles. The molecule has 19 heavy (non-hydrogen) atoms. The van der Waals surface area contributed by atoms with Crippen molar-refractivity contribution in [2.75, 3.05) is 19.6 Å². The smallest absolute Gasteiger partial charge is 0.223 e. The van der Waals surface area contributed by atoms with E-state index in [4.69, 9.17) is 0 Å². The van der Waals surface area contributed by atoms with Gasteiger partial charge in [-0.3, -0.25) is 9.78 Å². The van der Waals surface area contributed by atoms with E-state index in [0.29, 0.717) is 0 Å². The minimum Gasteiger partial charge on any atom is -0.356 e. The van der Waals surface area contributed by atoms with Crippen molar-refractivity contribution in [2.24, 2.45) is 5.92 Å². The zero-order valence-corrected chi connectivity index (χ0v) is 11.4. The molecule has 0 aromatic carbocycles. The second-order valence-electron chi connectivity index (χ2n) is 5.09. The summed E-state index contributed by atoms with van der Waals surface area (Å²) in [6, 6.07) is 5.95. The van der Waals surface area contributed by atoms with Crippen LogP contribution in [0.1, 0.15) is 31.4 Å². The van der Waals surface area contributed by atoms with E-state index in [9.17, 15) is 4.79 Å². The number of aromatic nitrogens is 1. The first-order valence-electron chi connectivity index (χ1n) is 7.24. The van der Waals surface area contributed by atoms with Gasteiger partial charge in [-0.05, 0) is 57.3 Å². The van der Waals surface area contributed by atoms with Crippen LogP contribution in [0.15, 0.2) is 24.4 Å². The molecule has 0 aliphatic carbocycles. The molecular formula is C15H23N3O. The number of nitrogens with zero attached hydrogens (tertiary/aromatic N) is 1. The fourth-order valence-corrected chi connectivity index (χ4v) is 2.45. The lowest BCUT2D eigenvalue weighted by molar-refractivity contribution is -0.125. The Morgan fingerprint density at radius 2 is 2.32 bits per heavy atom. The van der Waals surface area contributed by atoms with Crippen molar-refractivity contribution < 1.29 is 4.79 Å². The van der Waals surface area contributed by atoms with Crippen LogP contribution in [0.4, 0.5) is 0 Å². The van der Waals surface area contributed by atoms with E-state index in [0.717, 1.165) is 57.4 Å². The van der Waals surface area contributed by atoms with Crippen molar-refractivity contribution in [1.82, 2.24) is 15.6 Å². The van der Waals surface area contributed by atoms with Crippen LogP contribution in [0.3, 0.4) is 0 Å². The van der Waals surface area contributed by atoms with Crippen molar-refractivity contribution in [2.45, 2.75) is 32.1 Å². The highest BCUT2D eigenvalue weighted by atomic mass is 16.1. The van der Waals surface area contributed by atoms with E-state index < -0.39 is 0 Å².